The third-order valence-electron chi connectivity index (χ3n) is 3.46. The van der Waals surface area contributed by atoms with Gasteiger partial charge in [-0.15, -0.1) is 0 Å². The molecule has 3 aromatic rings. The van der Waals surface area contributed by atoms with Crippen molar-refractivity contribution in [3.05, 3.63) is 75.9 Å². The molecular weight excluding hydrogens is 303 g/mol. The maximum atomic E-state index is 6.26. The fraction of sp³-hybridized carbons (Fsp3) is 0.118. The highest BCUT2D eigenvalue weighted by molar-refractivity contribution is 6.36. The molecule has 0 aliphatic heterocycles. The molecule has 106 valence electrons. The number of aromatic nitrogens is 1. The van der Waals surface area contributed by atoms with Crippen molar-refractivity contribution >= 4 is 34.1 Å². The molecule has 21 heavy (non-hydrogen) atoms. The highest BCUT2D eigenvalue weighted by atomic mass is 35.5. The first kappa shape index (κ1) is 14.3. The summed E-state index contributed by atoms with van der Waals surface area (Å²) in [6.45, 7) is 0. The number of fused-ring (bicyclic) bond motifs is 1. The predicted molar refractivity (Wildman–Crippen MR) is 88.8 cm³/mol. The second-order valence-electron chi connectivity index (χ2n) is 4.94. The number of rotatable bonds is 3. The van der Waals surface area contributed by atoms with E-state index >= 15 is 0 Å². The lowest BCUT2D eigenvalue weighted by Crippen LogP contribution is -2.15. The number of nitrogens with zero attached hydrogens (tertiary/aromatic N) is 1. The fourth-order valence-corrected chi connectivity index (χ4v) is 3.09. The molecule has 2 aromatic carbocycles. The van der Waals surface area contributed by atoms with Crippen molar-refractivity contribution in [2.75, 3.05) is 0 Å². The van der Waals surface area contributed by atoms with Gasteiger partial charge >= 0.3 is 0 Å². The number of benzene rings is 2. The molecule has 1 heterocycles. The number of hydrogen-bond acceptors (Lipinski definition) is 2. The molecule has 4 heteroatoms. The van der Waals surface area contributed by atoms with Gasteiger partial charge in [-0.05, 0) is 24.3 Å². The van der Waals surface area contributed by atoms with Gasteiger partial charge in [-0.3, -0.25) is 4.98 Å². The van der Waals surface area contributed by atoms with Gasteiger partial charge in [0.1, 0.15) is 0 Å². The van der Waals surface area contributed by atoms with Gasteiger partial charge in [0.15, 0.2) is 0 Å². The van der Waals surface area contributed by atoms with E-state index in [1.54, 1.807) is 12.1 Å². The Hall–Kier alpha value is -1.61. The molecule has 3 rings (SSSR count). The van der Waals surface area contributed by atoms with E-state index in [0.29, 0.717) is 16.5 Å². The molecule has 2 N–H and O–H groups in total. The molecule has 0 spiro atoms. The predicted octanol–water partition coefficient (Wildman–Crippen LogP) is 4.78. The monoisotopic (exact) mass is 316 g/mol. The van der Waals surface area contributed by atoms with Crippen molar-refractivity contribution in [2.45, 2.75) is 12.5 Å². The molecule has 0 aliphatic carbocycles. The Kier molecular flexibility index (Phi) is 4.11. The van der Waals surface area contributed by atoms with Crippen LogP contribution in [0.4, 0.5) is 0 Å². The van der Waals surface area contributed by atoms with E-state index in [1.165, 1.54) is 0 Å². The summed E-state index contributed by atoms with van der Waals surface area (Å²) in [6.07, 6.45) is 0.592. The Bertz CT molecular complexity index is 766. The third kappa shape index (κ3) is 3.03. The van der Waals surface area contributed by atoms with Crippen LogP contribution in [-0.2, 0) is 6.42 Å². The average molecular weight is 317 g/mol. The maximum Gasteiger partial charge on any atom is 0.0705 e. The smallest absolute Gasteiger partial charge is 0.0705 e. The van der Waals surface area contributed by atoms with Crippen molar-refractivity contribution in [3.8, 4) is 0 Å². The van der Waals surface area contributed by atoms with Gasteiger partial charge in [0, 0.05) is 39.2 Å². The Morgan fingerprint density at radius 2 is 1.62 bits per heavy atom. The van der Waals surface area contributed by atoms with Gasteiger partial charge in [-0.25, -0.2) is 0 Å². The Labute approximate surface area is 133 Å². The molecule has 0 saturated carbocycles. The summed E-state index contributed by atoms with van der Waals surface area (Å²) in [4.78, 5) is 4.63. The van der Waals surface area contributed by atoms with Crippen LogP contribution >= 0.6 is 23.2 Å². The van der Waals surface area contributed by atoms with Crippen LogP contribution in [0.25, 0.3) is 10.9 Å². The largest absolute Gasteiger partial charge is 0.324 e. The minimum absolute atomic E-state index is 0.278. The summed E-state index contributed by atoms with van der Waals surface area (Å²) in [5, 5.41) is 2.30. The second kappa shape index (κ2) is 6.02. The molecule has 0 aliphatic rings. The van der Waals surface area contributed by atoms with Crippen LogP contribution in [0.1, 0.15) is 17.3 Å². The normalized spacial score (nSPS) is 12.5. The van der Waals surface area contributed by atoms with Gasteiger partial charge in [0.2, 0.25) is 0 Å². The lowest BCUT2D eigenvalue weighted by Gasteiger charge is -2.15. The van der Waals surface area contributed by atoms with E-state index in [1.807, 2.05) is 36.4 Å². The summed E-state index contributed by atoms with van der Waals surface area (Å²) in [5.74, 6) is 0. The average Bonchev–Trinajstić information content (AvgIpc) is 2.47. The third-order valence-corrected chi connectivity index (χ3v) is 4.11. The van der Waals surface area contributed by atoms with E-state index in [9.17, 15) is 0 Å². The highest BCUT2D eigenvalue weighted by Crippen LogP contribution is 2.30. The Balaban J connectivity index is 1.91. The molecule has 0 amide bonds. The maximum absolute atomic E-state index is 6.26. The van der Waals surface area contributed by atoms with Crippen molar-refractivity contribution in [1.29, 1.82) is 0 Å². The van der Waals surface area contributed by atoms with Crippen molar-refractivity contribution < 1.29 is 0 Å². The topological polar surface area (TPSA) is 38.9 Å². The SMILES string of the molecule is NC(Cc1ccc2ccccc2n1)c1c(Cl)cccc1Cl. The summed E-state index contributed by atoms with van der Waals surface area (Å²) in [5.41, 5.74) is 8.93. The zero-order valence-electron chi connectivity index (χ0n) is 11.3. The number of para-hydroxylation sites is 1. The minimum Gasteiger partial charge on any atom is -0.324 e. The summed E-state index contributed by atoms with van der Waals surface area (Å²) < 4.78 is 0. The van der Waals surface area contributed by atoms with Gasteiger partial charge in [0.25, 0.3) is 0 Å². The van der Waals surface area contributed by atoms with E-state index in [4.69, 9.17) is 28.9 Å². The molecule has 0 fully saturated rings. The van der Waals surface area contributed by atoms with Gasteiger partial charge < -0.3 is 5.73 Å². The fourth-order valence-electron chi connectivity index (χ4n) is 2.41. The van der Waals surface area contributed by atoms with Gasteiger partial charge in [-0.2, -0.15) is 0 Å². The standard InChI is InChI=1S/C17H14Cl2N2/c18-13-5-3-6-14(19)17(13)15(20)10-12-9-8-11-4-1-2-7-16(11)21-12/h1-9,15H,10,20H2. The Morgan fingerprint density at radius 1 is 0.905 bits per heavy atom. The second-order valence-corrected chi connectivity index (χ2v) is 5.76. The number of hydrogen-bond donors (Lipinski definition) is 1. The summed E-state index contributed by atoms with van der Waals surface area (Å²) in [6, 6.07) is 17.2. The molecule has 1 unspecified atom stereocenters. The van der Waals surface area contributed by atoms with E-state index < -0.39 is 0 Å². The first-order valence-electron chi connectivity index (χ1n) is 6.69. The van der Waals surface area contributed by atoms with Crippen LogP contribution in [0.3, 0.4) is 0 Å². The Morgan fingerprint density at radius 3 is 2.38 bits per heavy atom. The molecule has 0 saturated heterocycles. The first-order valence-corrected chi connectivity index (χ1v) is 7.45. The van der Waals surface area contributed by atoms with E-state index in [0.717, 1.165) is 22.2 Å². The molecular formula is C17H14Cl2N2. The van der Waals surface area contributed by atoms with Crippen LogP contribution < -0.4 is 5.73 Å². The van der Waals surface area contributed by atoms with Crippen LogP contribution in [0, 0.1) is 0 Å². The molecule has 1 aromatic heterocycles. The first-order chi connectivity index (χ1) is 10.1. The van der Waals surface area contributed by atoms with Crippen molar-refractivity contribution in [3.63, 3.8) is 0 Å². The quantitative estimate of drug-likeness (QED) is 0.755. The molecule has 0 bridgehead atoms. The number of nitrogens with two attached hydrogens (primary N) is 1. The van der Waals surface area contributed by atoms with Crippen LogP contribution in [0.2, 0.25) is 10.0 Å². The van der Waals surface area contributed by atoms with Crippen LogP contribution in [0.15, 0.2) is 54.6 Å². The number of halogens is 2. The zero-order chi connectivity index (χ0) is 14.8. The minimum atomic E-state index is -0.278. The zero-order valence-corrected chi connectivity index (χ0v) is 12.8. The number of pyridine rings is 1. The molecule has 1 atom stereocenters. The van der Waals surface area contributed by atoms with Crippen molar-refractivity contribution in [1.82, 2.24) is 4.98 Å². The summed E-state index contributed by atoms with van der Waals surface area (Å²) >= 11 is 12.4. The highest BCUT2D eigenvalue weighted by Gasteiger charge is 2.15. The van der Waals surface area contributed by atoms with E-state index in [2.05, 4.69) is 11.1 Å². The van der Waals surface area contributed by atoms with Crippen molar-refractivity contribution in [2.24, 2.45) is 5.73 Å². The van der Waals surface area contributed by atoms with Gasteiger partial charge in [0.05, 0.1) is 5.52 Å². The van der Waals surface area contributed by atoms with Gasteiger partial charge in [-0.1, -0.05) is 53.5 Å². The molecule has 2 nitrogen and oxygen atoms in total. The van der Waals surface area contributed by atoms with Crippen LogP contribution in [-0.4, -0.2) is 4.98 Å². The lowest BCUT2D eigenvalue weighted by molar-refractivity contribution is 0.709. The van der Waals surface area contributed by atoms with Crippen LogP contribution in [0.5, 0.6) is 0 Å². The lowest BCUT2D eigenvalue weighted by atomic mass is 10.0. The molecule has 0 radical (unpaired) electrons. The summed E-state index contributed by atoms with van der Waals surface area (Å²) in [7, 11) is 0. The van der Waals surface area contributed by atoms with E-state index in [-0.39, 0.29) is 6.04 Å².